The number of carbonyl (C=O) groups excluding carboxylic acids is 5. The zero-order chi connectivity index (χ0) is 94.2. The molecule has 0 unspecified atom stereocenters. The third-order valence-electron chi connectivity index (χ3n) is 18.4. The van der Waals surface area contributed by atoms with Crippen LogP contribution in [-0.2, 0) is 27.9 Å². The highest BCUT2D eigenvalue weighted by Crippen LogP contribution is 2.44. The number of aromatic hydroxyl groups is 1. The molecule has 662 valence electrons. The second kappa shape index (κ2) is 48.8. The van der Waals surface area contributed by atoms with Crippen molar-refractivity contribution >= 4 is 170 Å². The number of ether oxygens (including phenoxy) is 7. The Morgan fingerprint density at radius 2 is 0.706 bits per heavy atom. The molecule has 41 heteroatoms. The van der Waals surface area contributed by atoms with E-state index in [1.807, 2.05) is 111 Å². The molecule has 0 saturated carbocycles. The predicted octanol–water partition coefficient (Wildman–Crippen LogP) is 20.6. The Morgan fingerprint density at radius 1 is 0.405 bits per heavy atom. The lowest BCUT2D eigenvalue weighted by Gasteiger charge is -2.32. The largest absolute Gasteiger partial charge is 0.508 e. The maximum atomic E-state index is 11.7. The number of pyridine rings is 6. The van der Waals surface area contributed by atoms with Gasteiger partial charge in [0.1, 0.15) is 54.9 Å². The summed E-state index contributed by atoms with van der Waals surface area (Å²) in [6, 6.07) is 33.1. The van der Waals surface area contributed by atoms with Crippen LogP contribution in [-0.4, -0.2) is 153 Å². The molecule has 3 fully saturated rings. The van der Waals surface area contributed by atoms with Crippen LogP contribution < -0.4 is 50.1 Å². The van der Waals surface area contributed by atoms with Crippen molar-refractivity contribution in [3.63, 3.8) is 0 Å². The number of aromatic nitrogens is 6. The van der Waals surface area contributed by atoms with Gasteiger partial charge in [-0.25, -0.2) is 39.3 Å². The van der Waals surface area contributed by atoms with E-state index in [4.69, 9.17) is 162 Å². The third kappa shape index (κ3) is 30.5. The molecule has 3 aromatic carbocycles. The number of hydrogen-bond donors (Lipinski definition) is 3. The Morgan fingerprint density at radius 3 is 1.06 bits per heavy atom. The summed E-state index contributed by atoms with van der Waals surface area (Å²) in [7, 11) is -1.60. The minimum atomic E-state index is -0.644. The molecule has 0 radical (unpaired) electrons. The van der Waals surface area contributed by atoms with Crippen molar-refractivity contribution in [1.82, 2.24) is 29.9 Å². The van der Waals surface area contributed by atoms with Crippen LogP contribution in [0.2, 0.25) is 25.8 Å². The van der Waals surface area contributed by atoms with Crippen LogP contribution in [0.15, 0.2) is 136 Å². The molecule has 0 atom stereocenters. The van der Waals surface area contributed by atoms with Crippen LogP contribution >= 0.6 is 89.9 Å². The smallest absolute Gasteiger partial charge is 0.495 e. The minimum absolute atomic E-state index is 0.0324. The molecule has 5 N–H and O–H groups in total. The summed E-state index contributed by atoms with van der Waals surface area (Å²) in [4.78, 5) is 91.0. The summed E-state index contributed by atoms with van der Waals surface area (Å²) in [5.41, 5.74) is 11.4. The van der Waals surface area contributed by atoms with Crippen molar-refractivity contribution in [3.05, 3.63) is 236 Å². The standard InChI is InChI=1S/C21H23BN2O5.C15H11BrN2O3.C12H24B2O4.C8H9ClN2O2.2C8H7ClN2O.C7H5BrO2.C6H4Cl2N2O/c1-7-26-19-17(23-6)10-11-18(24-19)27-15-8-9-16(14(12-15)13-25)22-28-20(2,3)21(4,5)29-22;1-3-20-15-13(17-2)6-7-14(18-15)21-11-4-5-12(16)10(8-11)9-19;1-9(2)10(3,4)16-13(15-9)14-17-11(5,6)12(7,8)18-14;1-2-13-8-5(7(10)12)3-4-6(9)11-8;2*1-3-12-8-6(10-2)4-5-7(9)11-8;8-7-2-1-6(10)3-5(7)4-9;7-4-2-1-3(6(9)11)5(8)10-4/h8-13H,7H2,1-5H3;4-9H,3H2,1H3;1-8H3;3-4H,2H2,1H3,(H2,10,12);2*4-5H,3H2,1H3;1-4,10H;1-2H,(H2,9,11). The zero-order valence-electron chi connectivity index (χ0n) is 71.7. The summed E-state index contributed by atoms with van der Waals surface area (Å²) >= 11 is 34.3. The average molecular weight is 1950 g/mol. The van der Waals surface area contributed by atoms with Crippen LogP contribution in [0.3, 0.4) is 0 Å². The molecule has 3 aliphatic heterocycles. The number of nitrogens with two attached hydrogens (primary N) is 2. The summed E-state index contributed by atoms with van der Waals surface area (Å²) in [5.74, 6) is 1.62. The molecule has 0 spiro atoms. The van der Waals surface area contributed by atoms with Crippen LogP contribution in [0, 0.1) is 26.3 Å². The van der Waals surface area contributed by atoms with Crippen molar-refractivity contribution in [3.8, 4) is 58.4 Å². The number of carbonyl (C=O) groups is 5. The lowest BCUT2D eigenvalue weighted by molar-refractivity contribution is 0.00578. The number of nitrogens with zero attached hydrogens (tertiary/aromatic N) is 10. The van der Waals surface area contributed by atoms with E-state index in [2.05, 4.69) is 81.1 Å². The van der Waals surface area contributed by atoms with E-state index in [1.165, 1.54) is 36.4 Å². The topological polar surface area (TPSA) is 372 Å². The first-order valence-corrected chi connectivity index (χ1v) is 41.6. The van der Waals surface area contributed by atoms with Gasteiger partial charge >= 0.3 is 21.1 Å². The van der Waals surface area contributed by atoms with E-state index in [1.54, 1.807) is 97.9 Å². The normalized spacial score (nSPS) is 14.4. The lowest BCUT2D eigenvalue weighted by atomic mass is 9.49. The van der Waals surface area contributed by atoms with Crippen LogP contribution in [0.4, 0.5) is 22.7 Å². The lowest BCUT2D eigenvalue weighted by Crippen LogP contribution is -2.41. The molecule has 6 aromatic heterocycles. The summed E-state index contributed by atoms with van der Waals surface area (Å²) in [6.45, 7) is 63.1. The molecular weight excluding hydrogens is 1860 g/mol. The zero-order valence-corrected chi connectivity index (χ0v) is 78.6. The molecule has 3 aliphatic rings. The predicted molar refractivity (Wildman–Crippen MR) is 489 cm³/mol. The number of rotatable bonds is 21. The van der Waals surface area contributed by atoms with Crippen molar-refractivity contribution in [2.75, 3.05) is 33.0 Å². The first-order valence-electron chi connectivity index (χ1n) is 38.1. The van der Waals surface area contributed by atoms with Crippen LogP contribution in [0.25, 0.3) is 19.4 Å². The molecule has 0 bridgehead atoms. The number of benzene rings is 3. The van der Waals surface area contributed by atoms with Gasteiger partial charge in [0.05, 0.1) is 98.5 Å². The van der Waals surface area contributed by atoms with E-state index in [9.17, 15) is 24.0 Å². The summed E-state index contributed by atoms with van der Waals surface area (Å²) in [6.07, 6.45) is 2.16. The Hall–Kier alpha value is -10.8. The van der Waals surface area contributed by atoms with Gasteiger partial charge in [0.15, 0.2) is 12.6 Å². The highest BCUT2D eigenvalue weighted by Gasteiger charge is 2.64. The van der Waals surface area contributed by atoms with Gasteiger partial charge in [-0.3, -0.25) is 24.0 Å². The second-order valence-corrected chi connectivity index (χ2v) is 32.4. The van der Waals surface area contributed by atoms with Crippen LogP contribution in [0.5, 0.6) is 58.4 Å². The molecule has 9 heterocycles. The third-order valence-corrected chi connectivity index (χ3v) is 21.0. The monoisotopic (exact) mass is 1950 g/mol. The highest BCUT2D eigenvalue weighted by atomic mass is 79.9. The maximum Gasteiger partial charge on any atom is 0.495 e. The van der Waals surface area contributed by atoms with Gasteiger partial charge < -0.3 is 77.7 Å². The number of hydrogen-bond acceptors (Lipinski definition) is 25. The van der Waals surface area contributed by atoms with E-state index in [0.717, 1.165) is 12.6 Å². The van der Waals surface area contributed by atoms with Gasteiger partial charge in [0.25, 0.3) is 11.8 Å². The fourth-order valence-corrected chi connectivity index (χ4v) is 11.5. The van der Waals surface area contributed by atoms with E-state index < -0.39 is 44.2 Å². The fraction of sp³-hybridized carbons (Fsp3) is 0.329. The number of aldehydes is 3. The van der Waals surface area contributed by atoms with Crippen molar-refractivity contribution < 1.29 is 90.2 Å². The fourth-order valence-electron chi connectivity index (χ4n) is 9.97. The molecule has 3 saturated heterocycles. The molecule has 2 amide bonds. The van der Waals surface area contributed by atoms with E-state index in [-0.39, 0.29) is 78.3 Å². The molecule has 9 aromatic rings. The van der Waals surface area contributed by atoms with Crippen molar-refractivity contribution in [2.24, 2.45) is 11.5 Å². The summed E-state index contributed by atoms with van der Waals surface area (Å²) < 4.78 is 74.6. The number of primary amides is 2. The molecule has 12 rings (SSSR count). The van der Waals surface area contributed by atoms with E-state index in [0.29, 0.717) is 133 Å². The van der Waals surface area contributed by atoms with Gasteiger partial charge in [0.2, 0.25) is 63.9 Å². The number of phenols is 1. The highest BCUT2D eigenvalue weighted by molar-refractivity contribution is 9.10. The maximum absolute atomic E-state index is 11.7. The molecule has 126 heavy (non-hydrogen) atoms. The SMILES string of the molecule is CC1(C)OB(B2OC(C)(C)C(C)(C)O2)OC1(C)C.CCOc1nc(Cl)ccc1C(N)=O.NC(=O)c1ccc(Cl)nc1Cl.O=Cc1cc(O)ccc1Br.[C-]#[N+]c1ccc(Cl)nc1OCC.[C-]#[N+]c1ccc(Cl)nc1OCC.[C-]#[N+]c1ccc(Oc2ccc(B3OC(C)(C)C(C)(C)O3)c(C=O)c2)nc1OCC.[C-]#[N+]c1ccc(Oc2ccc(Br)c(C=O)c2)nc1OCC. The quantitative estimate of drug-likeness (QED) is 0.0260. The second-order valence-electron chi connectivity index (χ2n) is 28.7. The van der Waals surface area contributed by atoms with Gasteiger partial charge in [-0.05, 0) is 244 Å². The number of amides is 2. The van der Waals surface area contributed by atoms with Crippen molar-refractivity contribution in [2.45, 2.75) is 151 Å². The van der Waals surface area contributed by atoms with Gasteiger partial charge in [-0.1, -0.05) is 95.9 Å². The molecule has 31 nitrogen and oxygen atoms in total. The molecular formula is C85H90B3Br2Cl5N12O19. The molecule has 0 aliphatic carbocycles. The Kier molecular flexibility index (Phi) is 41.0. The minimum Gasteiger partial charge on any atom is -0.508 e. The number of halogens is 7. The average Bonchev–Trinajstić information content (AvgIpc) is 1.60. The Labute approximate surface area is 774 Å². The number of phenolic OH excluding ortho intramolecular Hbond substituents is 1. The Balaban J connectivity index is 0.000000263. The first-order chi connectivity index (χ1) is 59.3. The van der Waals surface area contributed by atoms with Crippen LogP contribution in [0.1, 0.15) is 169 Å². The van der Waals surface area contributed by atoms with Crippen molar-refractivity contribution in [1.29, 1.82) is 0 Å². The summed E-state index contributed by atoms with van der Waals surface area (Å²) in [5, 5.41) is 10.1. The van der Waals surface area contributed by atoms with E-state index >= 15 is 0 Å². The van der Waals surface area contributed by atoms with Gasteiger partial charge in [0, 0.05) is 25.6 Å². The van der Waals surface area contributed by atoms with Gasteiger partial charge in [-0.2, -0.15) is 9.97 Å². The van der Waals surface area contributed by atoms with Gasteiger partial charge in [-0.15, -0.1) is 0 Å². The first kappa shape index (κ1) is 106. The Bertz CT molecular complexity index is 5340.